The molecule has 2 aliphatic carbocycles. The average molecular weight is 248 g/mol. The Kier molecular flexibility index (Phi) is 2.46. The van der Waals surface area contributed by atoms with Crippen molar-refractivity contribution in [1.29, 1.82) is 0 Å². The van der Waals surface area contributed by atoms with Crippen molar-refractivity contribution in [1.82, 2.24) is 0 Å². The standard InChI is InChI=1S/C15H20O3/c1-8-4-5-11(16)15(3)7-6-10-9(2)14(17)18-13(10)12(8)15/h10-13,16H,1-2,4-7H2,3H3/t10-,11-,12?,13+,15+/m0/s1. The number of carbonyl (C=O) groups is 1. The number of hydrogen-bond donors (Lipinski definition) is 1. The number of carbonyl (C=O) groups excluding carboxylic acids is 1. The largest absolute Gasteiger partial charge is 0.458 e. The highest BCUT2D eigenvalue weighted by molar-refractivity contribution is 5.91. The van der Waals surface area contributed by atoms with Crippen LogP contribution in [-0.4, -0.2) is 23.3 Å². The third kappa shape index (κ3) is 1.37. The van der Waals surface area contributed by atoms with Gasteiger partial charge in [-0.15, -0.1) is 0 Å². The van der Waals surface area contributed by atoms with Crippen LogP contribution in [0.4, 0.5) is 0 Å². The Morgan fingerprint density at radius 1 is 1.39 bits per heavy atom. The molecule has 98 valence electrons. The molecule has 0 amide bonds. The van der Waals surface area contributed by atoms with Gasteiger partial charge in [0.1, 0.15) is 6.10 Å². The van der Waals surface area contributed by atoms with Crippen LogP contribution in [0.3, 0.4) is 0 Å². The Bertz CT molecular complexity index is 439. The van der Waals surface area contributed by atoms with Gasteiger partial charge in [0.15, 0.2) is 0 Å². The molecule has 1 saturated heterocycles. The first kappa shape index (κ1) is 12.0. The van der Waals surface area contributed by atoms with Crippen LogP contribution in [0.15, 0.2) is 24.3 Å². The van der Waals surface area contributed by atoms with E-state index in [9.17, 15) is 9.90 Å². The van der Waals surface area contributed by atoms with Crippen molar-refractivity contribution >= 4 is 5.97 Å². The molecule has 0 aromatic rings. The van der Waals surface area contributed by atoms with Crippen molar-refractivity contribution in [2.45, 2.75) is 44.8 Å². The lowest BCUT2D eigenvalue weighted by atomic mass is 9.54. The van der Waals surface area contributed by atoms with E-state index in [1.807, 2.05) is 0 Å². The van der Waals surface area contributed by atoms with Crippen molar-refractivity contribution in [3.63, 3.8) is 0 Å². The molecule has 0 aromatic heterocycles. The topological polar surface area (TPSA) is 46.5 Å². The minimum absolute atomic E-state index is 0.0863. The summed E-state index contributed by atoms with van der Waals surface area (Å²) < 4.78 is 5.52. The summed E-state index contributed by atoms with van der Waals surface area (Å²) >= 11 is 0. The molecule has 1 unspecified atom stereocenters. The van der Waals surface area contributed by atoms with E-state index < -0.39 is 0 Å². The summed E-state index contributed by atoms with van der Waals surface area (Å²) in [6, 6.07) is 0. The zero-order valence-electron chi connectivity index (χ0n) is 10.8. The Morgan fingerprint density at radius 3 is 2.83 bits per heavy atom. The van der Waals surface area contributed by atoms with Crippen molar-refractivity contribution in [3.05, 3.63) is 24.3 Å². The van der Waals surface area contributed by atoms with E-state index in [0.29, 0.717) is 5.57 Å². The molecule has 3 nitrogen and oxygen atoms in total. The SMILES string of the molecule is C=C1CC[C@H](O)[C@@]2(C)CC[C@H]3C(=C)C(=O)O[C@H]3C12. The number of aliphatic hydroxyl groups is 1. The van der Waals surface area contributed by atoms with Gasteiger partial charge in [-0.05, 0) is 25.7 Å². The third-order valence-corrected chi connectivity index (χ3v) is 5.32. The van der Waals surface area contributed by atoms with Crippen molar-refractivity contribution in [2.75, 3.05) is 0 Å². The number of rotatable bonds is 0. The van der Waals surface area contributed by atoms with Gasteiger partial charge in [0.05, 0.1) is 6.10 Å². The van der Waals surface area contributed by atoms with Gasteiger partial charge in [-0.3, -0.25) is 0 Å². The minimum atomic E-state index is -0.318. The van der Waals surface area contributed by atoms with Crippen LogP contribution in [-0.2, 0) is 9.53 Å². The quantitative estimate of drug-likeness (QED) is 0.406. The number of aliphatic hydroxyl groups excluding tert-OH is 1. The van der Waals surface area contributed by atoms with Crippen molar-refractivity contribution in [3.8, 4) is 0 Å². The van der Waals surface area contributed by atoms with E-state index in [2.05, 4.69) is 20.1 Å². The van der Waals surface area contributed by atoms with Gasteiger partial charge < -0.3 is 9.84 Å². The maximum Gasteiger partial charge on any atom is 0.334 e. The smallest absolute Gasteiger partial charge is 0.334 e. The molecule has 5 atom stereocenters. The summed E-state index contributed by atoms with van der Waals surface area (Å²) in [4.78, 5) is 11.7. The lowest BCUT2D eigenvalue weighted by Crippen LogP contribution is -2.53. The monoisotopic (exact) mass is 248 g/mol. The van der Waals surface area contributed by atoms with Gasteiger partial charge >= 0.3 is 5.97 Å². The number of ether oxygens (including phenoxy) is 1. The van der Waals surface area contributed by atoms with E-state index in [1.165, 1.54) is 0 Å². The van der Waals surface area contributed by atoms with Gasteiger partial charge in [0.25, 0.3) is 0 Å². The maximum absolute atomic E-state index is 11.7. The predicted octanol–water partition coefficient (Wildman–Crippen LogP) is 2.21. The average Bonchev–Trinajstić information content (AvgIpc) is 2.60. The van der Waals surface area contributed by atoms with Crippen LogP contribution in [0.25, 0.3) is 0 Å². The first-order chi connectivity index (χ1) is 8.45. The van der Waals surface area contributed by atoms with Gasteiger partial charge in [0, 0.05) is 22.8 Å². The van der Waals surface area contributed by atoms with Crippen LogP contribution in [0, 0.1) is 17.3 Å². The molecule has 0 bridgehead atoms. The Labute approximate surface area is 108 Å². The lowest BCUT2D eigenvalue weighted by Gasteiger charge is -2.52. The second-order valence-corrected chi connectivity index (χ2v) is 6.24. The second kappa shape index (κ2) is 3.70. The molecule has 3 fully saturated rings. The molecule has 3 aliphatic rings. The van der Waals surface area contributed by atoms with Crippen LogP contribution >= 0.6 is 0 Å². The molecule has 0 spiro atoms. The minimum Gasteiger partial charge on any atom is -0.458 e. The third-order valence-electron chi connectivity index (χ3n) is 5.32. The maximum atomic E-state index is 11.7. The van der Waals surface area contributed by atoms with Crippen LogP contribution in [0.2, 0.25) is 0 Å². The highest BCUT2D eigenvalue weighted by Crippen LogP contribution is 2.57. The summed E-state index contributed by atoms with van der Waals surface area (Å²) in [5.74, 6) is -0.0528. The van der Waals surface area contributed by atoms with Crippen LogP contribution in [0.5, 0.6) is 0 Å². The summed E-state index contributed by atoms with van der Waals surface area (Å²) in [7, 11) is 0. The summed E-state index contributed by atoms with van der Waals surface area (Å²) in [6.07, 6.45) is 2.93. The van der Waals surface area contributed by atoms with Gasteiger partial charge in [-0.1, -0.05) is 25.7 Å². The molecule has 0 aromatic carbocycles. The normalized spacial score (nSPS) is 47.6. The highest BCUT2D eigenvalue weighted by Gasteiger charge is 2.57. The van der Waals surface area contributed by atoms with E-state index >= 15 is 0 Å². The predicted molar refractivity (Wildman–Crippen MR) is 67.7 cm³/mol. The fourth-order valence-electron chi connectivity index (χ4n) is 4.15. The summed E-state index contributed by atoms with van der Waals surface area (Å²) in [5.41, 5.74) is 1.54. The van der Waals surface area contributed by atoms with Crippen molar-refractivity contribution < 1.29 is 14.6 Å². The number of fused-ring (bicyclic) bond motifs is 3. The van der Waals surface area contributed by atoms with Gasteiger partial charge in [-0.2, -0.15) is 0 Å². The molecule has 3 heteroatoms. The zero-order valence-corrected chi connectivity index (χ0v) is 10.8. The first-order valence-electron chi connectivity index (χ1n) is 6.70. The molecule has 1 heterocycles. The van der Waals surface area contributed by atoms with E-state index in [-0.39, 0.29) is 35.4 Å². The molecular weight excluding hydrogens is 228 g/mol. The van der Waals surface area contributed by atoms with Gasteiger partial charge in [-0.25, -0.2) is 4.79 Å². The molecule has 1 N–H and O–H groups in total. The van der Waals surface area contributed by atoms with E-state index in [0.717, 1.165) is 31.3 Å². The highest BCUT2D eigenvalue weighted by atomic mass is 16.6. The molecule has 1 aliphatic heterocycles. The fourth-order valence-corrected chi connectivity index (χ4v) is 4.15. The summed E-state index contributed by atoms with van der Waals surface area (Å²) in [5, 5.41) is 10.3. The molecule has 3 rings (SSSR count). The molecule has 2 saturated carbocycles. The second-order valence-electron chi connectivity index (χ2n) is 6.24. The van der Waals surface area contributed by atoms with E-state index in [1.54, 1.807) is 0 Å². The van der Waals surface area contributed by atoms with Crippen molar-refractivity contribution in [2.24, 2.45) is 17.3 Å². The molecule has 18 heavy (non-hydrogen) atoms. The Morgan fingerprint density at radius 2 is 2.11 bits per heavy atom. The first-order valence-corrected chi connectivity index (χ1v) is 6.70. The molecule has 0 radical (unpaired) electrons. The Hall–Kier alpha value is -1.09. The van der Waals surface area contributed by atoms with Crippen LogP contribution < -0.4 is 0 Å². The molecular formula is C15H20O3. The number of hydrogen-bond acceptors (Lipinski definition) is 3. The lowest BCUT2D eigenvalue weighted by molar-refractivity contribution is -0.150. The van der Waals surface area contributed by atoms with Gasteiger partial charge in [0.2, 0.25) is 0 Å². The van der Waals surface area contributed by atoms with Crippen LogP contribution in [0.1, 0.15) is 32.6 Å². The zero-order chi connectivity index (χ0) is 13.1. The van der Waals surface area contributed by atoms with E-state index in [4.69, 9.17) is 4.74 Å². The number of esters is 1. The summed E-state index contributed by atoms with van der Waals surface area (Å²) in [6.45, 7) is 10.1. The Balaban J connectivity index is 2.00. The fraction of sp³-hybridized carbons (Fsp3) is 0.667.